The van der Waals surface area contributed by atoms with E-state index in [4.69, 9.17) is 18.9 Å². The van der Waals surface area contributed by atoms with Gasteiger partial charge in [-0.1, -0.05) is 28.8 Å². The third kappa shape index (κ3) is 4.51. The van der Waals surface area contributed by atoms with Crippen LogP contribution in [0.25, 0.3) is 22.0 Å². The summed E-state index contributed by atoms with van der Waals surface area (Å²) in [5.41, 5.74) is 3.66. The molecule has 5 nitrogen and oxygen atoms in total. The van der Waals surface area contributed by atoms with E-state index in [0.29, 0.717) is 6.61 Å². The van der Waals surface area contributed by atoms with Gasteiger partial charge in [-0.2, -0.15) is 4.57 Å². The lowest BCUT2D eigenvalue weighted by atomic mass is 9.95. The van der Waals surface area contributed by atoms with Crippen LogP contribution in [0.2, 0.25) is 0 Å². The predicted molar refractivity (Wildman–Crippen MR) is 131 cm³/mol. The summed E-state index contributed by atoms with van der Waals surface area (Å²) in [6.07, 6.45) is 7.76. The van der Waals surface area contributed by atoms with Gasteiger partial charge < -0.3 is 18.9 Å². The summed E-state index contributed by atoms with van der Waals surface area (Å²) in [5, 5.41) is 3.23. The first-order valence-electron chi connectivity index (χ1n) is 11.2. The largest absolute Gasteiger partial charge is 0.493 e. The van der Waals surface area contributed by atoms with Crippen molar-refractivity contribution in [1.29, 1.82) is 0 Å². The topological polar surface area (TPSA) is 40.8 Å². The number of unbranched alkanes of at least 4 members (excludes halogenated alkanes) is 3. The summed E-state index contributed by atoms with van der Waals surface area (Å²) in [6, 6.07) is 10.5. The van der Waals surface area contributed by atoms with Gasteiger partial charge in [-0.25, -0.2) is 0 Å². The quantitative estimate of drug-likeness (QED) is 0.203. The summed E-state index contributed by atoms with van der Waals surface area (Å²) in [4.78, 5) is 0. The van der Waals surface area contributed by atoms with Crippen LogP contribution in [-0.4, -0.2) is 33.3 Å². The van der Waals surface area contributed by atoms with Crippen LogP contribution in [0.15, 0.2) is 36.5 Å². The van der Waals surface area contributed by atoms with E-state index in [0.717, 1.165) is 58.5 Å². The average Bonchev–Trinajstić information content (AvgIpc) is 2.83. The molecule has 1 aliphatic rings. The summed E-state index contributed by atoms with van der Waals surface area (Å²) in [7, 11) is 5.07. The Morgan fingerprint density at radius 2 is 1.69 bits per heavy atom. The van der Waals surface area contributed by atoms with Crippen LogP contribution in [0.4, 0.5) is 0 Å². The second kappa shape index (κ2) is 10.4. The van der Waals surface area contributed by atoms with Crippen molar-refractivity contribution in [3.05, 3.63) is 42.1 Å². The molecule has 0 aliphatic carbocycles. The molecular weight excluding hydrogens is 470 g/mol. The van der Waals surface area contributed by atoms with Gasteiger partial charge >= 0.3 is 0 Å². The molecule has 0 unspecified atom stereocenters. The molecule has 1 aromatic heterocycles. The number of rotatable bonds is 10. The molecule has 0 radical (unpaired) electrons. The lowest BCUT2D eigenvalue weighted by Crippen LogP contribution is -2.40. The van der Waals surface area contributed by atoms with Gasteiger partial charge in [0, 0.05) is 17.8 Å². The van der Waals surface area contributed by atoms with E-state index in [9.17, 15) is 0 Å². The van der Waals surface area contributed by atoms with E-state index in [-0.39, 0.29) is 0 Å². The number of hydrogen-bond acceptors (Lipinski definition) is 4. The summed E-state index contributed by atoms with van der Waals surface area (Å²) in [5.74, 6) is 3.13. The van der Waals surface area contributed by atoms with Gasteiger partial charge in [-0.15, -0.1) is 0 Å². The van der Waals surface area contributed by atoms with Gasteiger partial charge in [0.2, 0.25) is 5.69 Å². The van der Waals surface area contributed by atoms with Crippen LogP contribution in [0.5, 0.6) is 23.0 Å². The van der Waals surface area contributed by atoms with Crippen LogP contribution in [0, 0.1) is 0 Å². The molecule has 2 heterocycles. The molecule has 6 heteroatoms. The van der Waals surface area contributed by atoms with Gasteiger partial charge in [-0.05, 0) is 48.1 Å². The fourth-order valence-corrected chi connectivity index (χ4v) is 4.79. The summed E-state index contributed by atoms with van der Waals surface area (Å²) < 4.78 is 25.3. The molecule has 0 saturated carbocycles. The van der Waals surface area contributed by atoms with Crippen LogP contribution in [0.1, 0.15) is 31.2 Å². The molecule has 32 heavy (non-hydrogen) atoms. The second-order valence-corrected chi connectivity index (χ2v) is 8.81. The van der Waals surface area contributed by atoms with Gasteiger partial charge in [0.05, 0.1) is 38.9 Å². The molecule has 0 saturated heterocycles. The number of benzene rings is 2. The standard InChI is InChI=1S/C26H31BrNO4/c1-29-23-9-8-18-14-22-20-16-25(32-13-7-5-4-6-11-27)24(30-2)15-19(20)10-12-28(22)17-21(18)26(23)31-3/h8-9,14-17H,4-7,10-13H2,1-3H3/q+1. The first-order valence-corrected chi connectivity index (χ1v) is 12.3. The number of ether oxygens (including phenoxy) is 4. The van der Waals surface area contributed by atoms with E-state index >= 15 is 0 Å². The van der Waals surface area contributed by atoms with Gasteiger partial charge in [0.25, 0.3) is 0 Å². The fraction of sp³-hybridized carbons (Fsp3) is 0.423. The highest BCUT2D eigenvalue weighted by Gasteiger charge is 2.27. The Labute approximate surface area is 198 Å². The Morgan fingerprint density at radius 3 is 2.44 bits per heavy atom. The monoisotopic (exact) mass is 500 g/mol. The Balaban J connectivity index is 1.68. The smallest absolute Gasteiger partial charge is 0.213 e. The van der Waals surface area contributed by atoms with Crippen molar-refractivity contribution in [3.8, 4) is 34.3 Å². The Bertz CT molecular complexity index is 1100. The van der Waals surface area contributed by atoms with Crippen molar-refractivity contribution >= 4 is 26.7 Å². The molecule has 0 fully saturated rings. The maximum Gasteiger partial charge on any atom is 0.213 e. The molecule has 0 amide bonds. The first kappa shape index (κ1) is 22.7. The van der Waals surface area contributed by atoms with Gasteiger partial charge in [0.15, 0.2) is 35.7 Å². The van der Waals surface area contributed by atoms with E-state index in [1.165, 1.54) is 36.1 Å². The van der Waals surface area contributed by atoms with Gasteiger partial charge in [-0.3, -0.25) is 0 Å². The number of halogens is 1. The first-order chi connectivity index (χ1) is 15.7. The van der Waals surface area contributed by atoms with Crippen molar-refractivity contribution in [2.45, 2.75) is 38.6 Å². The predicted octanol–water partition coefficient (Wildman–Crippen LogP) is 5.71. The van der Waals surface area contributed by atoms with Crippen LogP contribution >= 0.6 is 15.9 Å². The summed E-state index contributed by atoms with van der Waals surface area (Å²) >= 11 is 3.49. The number of nitrogens with zero attached hydrogens (tertiary/aromatic N) is 1. The van der Waals surface area contributed by atoms with Crippen molar-refractivity contribution in [3.63, 3.8) is 0 Å². The third-order valence-corrected chi connectivity index (χ3v) is 6.64. The summed E-state index contributed by atoms with van der Waals surface area (Å²) in [6.45, 7) is 1.60. The lowest BCUT2D eigenvalue weighted by Gasteiger charge is -2.19. The Hall–Kier alpha value is -2.47. The van der Waals surface area contributed by atoms with E-state index < -0.39 is 0 Å². The van der Waals surface area contributed by atoms with Crippen LogP contribution < -0.4 is 23.5 Å². The molecular formula is C26H31BrNO4+. The van der Waals surface area contributed by atoms with Crippen molar-refractivity contribution in [1.82, 2.24) is 0 Å². The maximum absolute atomic E-state index is 6.16. The lowest BCUT2D eigenvalue weighted by molar-refractivity contribution is -0.686. The fourth-order valence-electron chi connectivity index (χ4n) is 4.39. The van der Waals surface area contributed by atoms with Crippen molar-refractivity contribution in [2.24, 2.45) is 0 Å². The van der Waals surface area contributed by atoms with Crippen molar-refractivity contribution in [2.75, 3.05) is 33.3 Å². The molecule has 0 N–H and O–H groups in total. The maximum atomic E-state index is 6.16. The zero-order chi connectivity index (χ0) is 22.5. The molecule has 0 atom stereocenters. The zero-order valence-electron chi connectivity index (χ0n) is 19.1. The molecule has 170 valence electrons. The molecule has 1 aliphatic heterocycles. The average molecular weight is 501 g/mol. The minimum atomic E-state index is 0.701. The Morgan fingerprint density at radius 1 is 0.875 bits per heavy atom. The molecule has 0 spiro atoms. The van der Waals surface area contributed by atoms with E-state index in [1.807, 2.05) is 6.07 Å². The number of hydrogen-bond donors (Lipinski definition) is 0. The molecule has 2 aromatic carbocycles. The minimum absolute atomic E-state index is 0.701. The highest BCUT2D eigenvalue weighted by Crippen LogP contribution is 2.40. The van der Waals surface area contributed by atoms with Crippen LogP contribution in [-0.2, 0) is 13.0 Å². The van der Waals surface area contributed by atoms with Gasteiger partial charge in [0.1, 0.15) is 0 Å². The highest BCUT2D eigenvalue weighted by atomic mass is 79.9. The Kier molecular flexibility index (Phi) is 7.40. The third-order valence-electron chi connectivity index (χ3n) is 6.08. The number of pyridine rings is 1. The number of aryl methyl sites for hydroxylation is 2. The SMILES string of the molecule is COc1cc2c(cc1OCCCCCCBr)-c1cc3ccc(OC)c(OC)c3c[n+]1CC2. The molecule has 0 bridgehead atoms. The zero-order valence-corrected chi connectivity index (χ0v) is 20.7. The van der Waals surface area contributed by atoms with Crippen molar-refractivity contribution < 1.29 is 23.5 Å². The number of aromatic nitrogens is 1. The highest BCUT2D eigenvalue weighted by molar-refractivity contribution is 9.09. The second-order valence-electron chi connectivity index (χ2n) is 8.02. The number of methoxy groups -OCH3 is 3. The van der Waals surface area contributed by atoms with E-state index in [1.54, 1.807) is 21.3 Å². The number of fused-ring (bicyclic) bond motifs is 4. The van der Waals surface area contributed by atoms with Crippen LogP contribution in [0.3, 0.4) is 0 Å². The minimum Gasteiger partial charge on any atom is -0.493 e. The molecule has 4 rings (SSSR count). The molecule has 3 aromatic rings. The van der Waals surface area contributed by atoms with E-state index in [2.05, 4.69) is 51.0 Å². The number of alkyl halides is 1. The normalized spacial score (nSPS) is 12.2.